The van der Waals surface area contributed by atoms with E-state index < -0.39 is 0 Å². The van der Waals surface area contributed by atoms with Crippen molar-refractivity contribution >= 4 is 0 Å². The van der Waals surface area contributed by atoms with Crippen molar-refractivity contribution < 1.29 is 0 Å². The van der Waals surface area contributed by atoms with E-state index >= 15 is 0 Å². The molecule has 1 aromatic rings. The number of rotatable bonds is 5. The summed E-state index contributed by atoms with van der Waals surface area (Å²) in [6, 6.07) is 0.722. The molecule has 0 radical (unpaired) electrons. The highest BCUT2D eigenvalue weighted by Crippen LogP contribution is 1.99. The second-order valence-corrected chi connectivity index (χ2v) is 4.48. The van der Waals surface area contributed by atoms with Crippen LogP contribution in [0.2, 0.25) is 0 Å². The standard InChI is InChI=1S/C9H21N.C5H6N2/c1-5-7-10(8-6-2)9(3)4;1-5-4-6-2-3-7-5/h9H,5-8H2,1-4H3;2-4H,1H3. The Kier molecular flexibility index (Phi) is 9.63. The van der Waals surface area contributed by atoms with Crippen molar-refractivity contribution in [1.82, 2.24) is 14.9 Å². The first kappa shape index (κ1) is 16.0. The van der Waals surface area contributed by atoms with Gasteiger partial charge in [0.25, 0.3) is 0 Å². The smallest absolute Gasteiger partial charge is 0.0555 e. The van der Waals surface area contributed by atoms with Gasteiger partial charge in [0.15, 0.2) is 0 Å². The minimum absolute atomic E-state index is 0.722. The van der Waals surface area contributed by atoms with Gasteiger partial charge in [-0.15, -0.1) is 0 Å². The van der Waals surface area contributed by atoms with Gasteiger partial charge < -0.3 is 4.90 Å². The molecule has 0 saturated heterocycles. The molecule has 0 fully saturated rings. The molecule has 98 valence electrons. The third-order valence-corrected chi connectivity index (χ3v) is 2.44. The van der Waals surface area contributed by atoms with Gasteiger partial charge >= 0.3 is 0 Å². The van der Waals surface area contributed by atoms with Crippen LogP contribution in [0, 0.1) is 6.92 Å². The van der Waals surface area contributed by atoms with E-state index in [9.17, 15) is 0 Å². The Hall–Kier alpha value is -0.960. The van der Waals surface area contributed by atoms with Gasteiger partial charge in [0.1, 0.15) is 0 Å². The van der Waals surface area contributed by atoms with Crippen LogP contribution in [0.1, 0.15) is 46.2 Å². The van der Waals surface area contributed by atoms with Crippen LogP contribution in [0.15, 0.2) is 18.6 Å². The maximum atomic E-state index is 3.92. The molecule has 0 bridgehead atoms. The monoisotopic (exact) mass is 237 g/mol. The van der Waals surface area contributed by atoms with Gasteiger partial charge in [-0.3, -0.25) is 9.97 Å². The lowest BCUT2D eigenvalue weighted by Crippen LogP contribution is -2.32. The second-order valence-electron chi connectivity index (χ2n) is 4.48. The Bertz CT molecular complexity index is 253. The molecule has 0 amide bonds. The van der Waals surface area contributed by atoms with Crippen LogP contribution in [-0.2, 0) is 0 Å². The minimum atomic E-state index is 0.722. The normalized spacial score (nSPS) is 10.3. The number of hydrogen-bond donors (Lipinski definition) is 0. The lowest BCUT2D eigenvalue weighted by molar-refractivity contribution is 0.222. The van der Waals surface area contributed by atoms with Gasteiger partial charge in [0, 0.05) is 24.6 Å². The lowest BCUT2D eigenvalue weighted by atomic mass is 10.3. The summed E-state index contributed by atoms with van der Waals surface area (Å²) in [6.45, 7) is 13.4. The van der Waals surface area contributed by atoms with Crippen LogP contribution >= 0.6 is 0 Å². The van der Waals surface area contributed by atoms with E-state index in [1.54, 1.807) is 18.6 Å². The molecular weight excluding hydrogens is 210 g/mol. The fraction of sp³-hybridized carbons (Fsp3) is 0.714. The van der Waals surface area contributed by atoms with Crippen molar-refractivity contribution in [2.75, 3.05) is 13.1 Å². The van der Waals surface area contributed by atoms with Gasteiger partial charge in [-0.2, -0.15) is 0 Å². The fourth-order valence-corrected chi connectivity index (χ4v) is 1.58. The Morgan fingerprint density at radius 3 is 1.94 bits per heavy atom. The summed E-state index contributed by atoms with van der Waals surface area (Å²) in [6.07, 6.45) is 7.61. The van der Waals surface area contributed by atoms with E-state index in [0.717, 1.165) is 11.7 Å². The van der Waals surface area contributed by atoms with Crippen molar-refractivity contribution in [3.63, 3.8) is 0 Å². The lowest BCUT2D eigenvalue weighted by Gasteiger charge is -2.24. The molecule has 1 heterocycles. The van der Waals surface area contributed by atoms with Gasteiger partial charge in [0.05, 0.1) is 5.69 Å². The average molecular weight is 237 g/mol. The van der Waals surface area contributed by atoms with Crippen molar-refractivity contribution in [3.8, 4) is 0 Å². The van der Waals surface area contributed by atoms with Crippen molar-refractivity contribution in [2.24, 2.45) is 0 Å². The highest BCUT2D eigenvalue weighted by atomic mass is 15.1. The highest BCUT2D eigenvalue weighted by Gasteiger charge is 2.04. The summed E-state index contributed by atoms with van der Waals surface area (Å²) in [7, 11) is 0. The predicted octanol–water partition coefficient (Wildman–Crippen LogP) is 3.30. The van der Waals surface area contributed by atoms with Gasteiger partial charge in [-0.05, 0) is 46.7 Å². The first-order chi connectivity index (χ1) is 8.11. The number of aryl methyl sites for hydroxylation is 1. The van der Waals surface area contributed by atoms with E-state index in [-0.39, 0.29) is 0 Å². The van der Waals surface area contributed by atoms with E-state index in [0.29, 0.717) is 0 Å². The molecule has 1 aromatic heterocycles. The first-order valence-electron chi connectivity index (χ1n) is 6.58. The topological polar surface area (TPSA) is 29.0 Å². The summed E-state index contributed by atoms with van der Waals surface area (Å²) in [5, 5.41) is 0. The van der Waals surface area contributed by atoms with Crippen LogP contribution < -0.4 is 0 Å². The van der Waals surface area contributed by atoms with E-state index in [1.807, 2.05) is 6.92 Å². The molecule has 0 aliphatic heterocycles. The second kappa shape index (κ2) is 10.2. The first-order valence-corrected chi connectivity index (χ1v) is 6.58. The van der Waals surface area contributed by atoms with Crippen LogP contribution in [-0.4, -0.2) is 34.0 Å². The van der Waals surface area contributed by atoms with Gasteiger partial charge in [-0.1, -0.05) is 13.8 Å². The summed E-state index contributed by atoms with van der Waals surface area (Å²) in [5.74, 6) is 0. The highest BCUT2D eigenvalue weighted by molar-refractivity contribution is 4.88. The van der Waals surface area contributed by atoms with Gasteiger partial charge in [-0.25, -0.2) is 0 Å². The van der Waals surface area contributed by atoms with Crippen LogP contribution in [0.3, 0.4) is 0 Å². The average Bonchev–Trinajstić information content (AvgIpc) is 2.30. The molecule has 0 aliphatic carbocycles. The Morgan fingerprint density at radius 1 is 1.12 bits per heavy atom. The SMILES string of the molecule is CCCN(CCC)C(C)C.Cc1cnccn1. The quantitative estimate of drug-likeness (QED) is 0.787. The Morgan fingerprint density at radius 2 is 1.71 bits per heavy atom. The predicted molar refractivity (Wildman–Crippen MR) is 74.1 cm³/mol. The maximum Gasteiger partial charge on any atom is 0.0555 e. The Labute approximate surface area is 106 Å². The molecule has 17 heavy (non-hydrogen) atoms. The van der Waals surface area contributed by atoms with E-state index in [4.69, 9.17) is 0 Å². The number of hydrogen-bond acceptors (Lipinski definition) is 3. The zero-order valence-corrected chi connectivity index (χ0v) is 12.0. The third kappa shape index (κ3) is 8.81. The molecule has 0 aromatic carbocycles. The van der Waals surface area contributed by atoms with Crippen LogP contribution in [0.25, 0.3) is 0 Å². The molecule has 3 heteroatoms. The van der Waals surface area contributed by atoms with Crippen molar-refractivity contribution in [3.05, 3.63) is 24.3 Å². The molecule has 0 spiro atoms. The largest absolute Gasteiger partial charge is 0.301 e. The summed E-state index contributed by atoms with van der Waals surface area (Å²) in [5.41, 5.74) is 0.961. The van der Waals surface area contributed by atoms with Crippen molar-refractivity contribution in [2.45, 2.75) is 53.5 Å². The van der Waals surface area contributed by atoms with E-state index in [1.165, 1.54) is 25.9 Å². The van der Waals surface area contributed by atoms with E-state index in [2.05, 4.69) is 42.6 Å². The molecular formula is C14H27N3. The fourth-order valence-electron chi connectivity index (χ4n) is 1.58. The molecule has 0 unspecified atom stereocenters. The third-order valence-electron chi connectivity index (χ3n) is 2.44. The zero-order chi connectivity index (χ0) is 13.1. The molecule has 3 nitrogen and oxygen atoms in total. The molecule has 1 rings (SSSR count). The summed E-state index contributed by atoms with van der Waals surface area (Å²) >= 11 is 0. The molecule has 0 aliphatic rings. The minimum Gasteiger partial charge on any atom is -0.301 e. The van der Waals surface area contributed by atoms with Crippen LogP contribution in [0.4, 0.5) is 0 Å². The zero-order valence-electron chi connectivity index (χ0n) is 12.0. The van der Waals surface area contributed by atoms with Crippen LogP contribution in [0.5, 0.6) is 0 Å². The Balaban J connectivity index is 0.000000318. The maximum absolute atomic E-state index is 3.92. The molecule has 0 N–H and O–H groups in total. The molecule has 0 atom stereocenters. The van der Waals surface area contributed by atoms with Gasteiger partial charge in [0.2, 0.25) is 0 Å². The number of nitrogens with zero attached hydrogens (tertiary/aromatic N) is 3. The van der Waals surface area contributed by atoms with Crippen molar-refractivity contribution in [1.29, 1.82) is 0 Å². The summed E-state index contributed by atoms with van der Waals surface area (Å²) < 4.78 is 0. The molecule has 0 saturated carbocycles. The number of aromatic nitrogens is 2. The summed E-state index contributed by atoms with van der Waals surface area (Å²) in [4.78, 5) is 10.3.